The number of rotatable bonds is 12. The van der Waals surface area contributed by atoms with Gasteiger partial charge in [0.1, 0.15) is 18.3 Å². The molecule has 8 nitrogen and oxygen atoms in total. The summed E-state index contributed by atoms with van der Waals surface area (Å²) >= 11 is 3.44. The van der Waals surface area contributed by atoms with Gasteiger partial charge in [-0.1, -0.05) is 70.7 Å². The molecule has 1 aliphatic carbocycles. The van der Waals surface area contributed by atoms with Crippen molar-refractivity contribution in [1.82, 2.24) is 10.2 Å². The zero-order valence-electron chi connectivity index (χ0n) is 24.3. The van der Waals surface area contributed by atoms with Gasteiger partial charge in [0, 0.05) is 17.1 Å². The predicted molar refractivity (Wildman–Crippen MR) is 168 cm³/mol. The Morgan fingerprint density at radius 2 is 1.64 bits per heavy atom. The Morgan fingerprint density at radius 1 is 1.00 bits per heavy atom. The molecule has 0 unspecified atom stereocenters. The molecule has 0 bridgehead atoms. The first-order valence-electron chi connectivity index (χ1n) is 14.3. The Balaban J connectivity index is 1.72. The summed E-state index contributed by atoms with van der Waals surface area (Å²) < 4.78 is 36.0. The van der Waals surface area contributed by atoms with Crippen molar-refractivity contribution >= 4 is 43.5 Å². The molecular formula is C32H38BrN3O5S. The first-order chi connectivity index (χ1) is 20.1. The number of anilines is 1. The molecule has 3 aromatic rings. The molecule has 0 spiro atoms. The Labute approximate surface area is 257 Å². The number of aryl methyl sites for hydroxylation is 1. The number of ether oxygens (including phenoxy) is 1. The molecule has 1 aliphatic rings. The average molecular weight is 657 g/mol. The monoisotopic (exact) mass is 655 g/mol. The van der Waals surface area contributed by atoms with Gasteiger partial charge in [-0.05, 0) is 75.6 Å². The molecular weight excluding hydrogens is 618 g/mol. The minimum absolute atomic E-state index is 0.0543. The van der Waals surface area contributed by atoms with Gasteiger partial charge in [-0.15, -0.1) is 0 Å². The summed E-state index contributed by atoms with van der Waals surface area (Å²) in [6, 6.07) is 20.0. The molecule has 0 heterocycles. The van der Waals surface area contributed by atoms with Gasteiger partial charge >= 0.3 is 0 Å². The van der Waals surface area contributed by atoms with Crippen molar-refractivity contribution in [3.63, 3.8) is 0 Å². The van der Waals surface area contributed by atoms with Crippen molar-refractivity contribution in [1.29, 1.82) is 0 Å². The minimum Gasteiger partial charge on any atom is -0.492 e. The van der Waals surface area contributed by atoms with Crippen LogP contribution >= 0.6 is 15.9 Å². The van der Waals surface area contributed by atoms with E-state index >= 15 is 0 Å². The second-order valence-electron chi connectivity index (χ2n) is 10.5. The van der Waals surface area contributed by atoms with Gasteiger partial charge in [-0.2, -0.15) is 0 Å². The Morgan fingerprint density at radius 3 is 2.29 bits per heavy atom. The maximum atomic E-state index is 14.2. The fourth-order valence-electron chi connectivity index (χ4n) is 5.05. The van der Waals surface area contributed by atoms with E-state index < -0.39 is 28.5 Å². The van der Waals surface area contributed by atoms with Crippen molar-refractivity contribution in [2.75, 3.05) is 17.5 Å². The van der Waals surface area contributed by atoms with Crippen LogP contribution in [0.5, 0.6) is 5.75 Å². The van der Waals surface area contributed by atoms with Crippen LogP contribution in [0, 0.1) is 6.92 Å². The average Bonchev–Trinajstić information content (AvgIpc) is 3.49. The molecule has 1 N–H and O–H groups in total. The van der Waals surface area contributed by atoms with Gasteiger partial charge in [0.2, 0.25) is 11.8 Å². The lowest BCUT2D eigenvalue weighted by Crippen LogP contribution is -2.52. The fourth-order valence-corrected chi connectivity index (χ4v) is 6.74. The van der Waals surface area contributed by atoms with Crippen molar-refractivity contribution in [2.45, 2.75) is 70.0 Å². The second-order valence-corrected chi connectivity index (χ2v) is 13.3. The molecule has 2 amide bonds. The standard InChI is InChI=1S/C32H38BrN3O5S/c1-4-41-30-12-8-7-11-29(30)36(42(39,40)28-19-13-23(2)14-20-28)22-31(37)35(21-25-15-17-26(33)18-16-25)24(3)32(38)34-27-9-5-6-10-27/h7-8,11-20,24,27H,4-6,9-10,21-22H2,1-3H3,(H,34,38)/t24-/m1/s1. The van der Waals surface area contributed by atoms with E-state index in [-0.39, 0.29) is 29.1 Å². The first-order valence-corrected chi connectivity index (χ1v) is 16.5. The van der Waals surface area contributed by atoms with Crippen LogP contribution in [0.3, 0.4) is 0 Å². The number of carbonyl (C=O) groups excluding carboxylic acids is 2. The summed E-state index contributed by atoms with van der Waals surface area (Å²) in [5.74, 6) is -0.418. The van der Waals surface area contributed by atoms with Crippen LogP contribution in [-0.4, -0.2) is 50.4 Å². The number of amides is 2. The van der Waals surface area contributed by atoms with Gasteiger partial charge in [0.15, 0.2) is 0 Å². The van der Waals surface area contributed by atoms with Crippen molar-refractivity contribution in [2.24, 2.45) is 0 Å². The van der Waals surface area contributed by atoms with Crippen LogP contribution in [0.1, 0.15) is 50.7 Å². The first kappa shape index (κ1) is 31.6. The van der Waals surface area contributed by atoms with Crippen molar-refractivity contribution in [3.8, 4) is 5.75 Å². The third-order valence-corrected chi connectivity index (χ3v) is 9.76. The van der Waals surface area contributed by atoms with E-state index in [0.29, 0.717) is 12.4 Å². The number of benzene rings is 3. The molecule has 0 radical (unpaired) electrons. The van der Waals surface area contributed by atoms with E-state index in [4.69, 9.17) is 4.74 Å². The molecule has 224 valence electrons. The van der Waals surface area contributed by atoms with E-state index in [9.17, 15) is 18.0 Å². The summed E-state index contributed by atoms with van der Waals surface area (Å²) in [4.78, 5) is 29.0. The Bertz CT molecular complexity index is 1470. The van der Waals surface area contributed by atoms with Crippen LogP contribution in [0.2, 0.25) is 0 Å². The van der Waals surface area contributed by atoms with Crippen LogP contribution < -0.4 is 14.4 Å². The summed E-state index contributed by atoms with van der Waals surface area (Å²) in [5, 5.41) is 3.09. The molecule has 10 heteroatoms. The molecule has 0 aromatic heterocycles. The molecule has 0 aliphatic heterocycles. The maximum Gasteiger partial charge on any atom is 0.264 e. The second kappa shape index (κ2) is 14.2. The zero-order valence-corrected chi connectivity index (χ0v) is 26.7. The van der Waals surface area contributed by atoms with Crippen LogP contribution in [-0.2, 0) is 26.2 Å². The molecule has 42 heavy (non-hydrogen) atoms. The molecule has 1 fully saturated rings. The fraction of sp³-hybridized carbons (Fsp3) is 0.375. The lowest BCUT2D eigenvalue weighted by molar-refractivity contribution is -0.139. The molecule has 3 aromatic carbocycles. The lowest BCUT2D eigenvalue weighted by atomic mass is 10.1. The highest BCUT2D eigenvalue weighted by Crippen LogP contribution is 2.33. The maximum absolute atomic E-state index is 14.2. The molecule has 4 rings (SSSR count). The highest BCUT2D eigenvalue weighted by Gasteiger charge is 2.34. The molecule has 1 saturated carbocycles. The van der Waals surface area contributed by atoms with Gasteiger partial charge in [0.25, 0.3) is 10.0 Å². The highest BCUT2D eigenvalue weighted by atomic mass is 79.9. The van der Waals surface area contributed by atoms with Gasteiger partial charge in [-0.3, -0.25) is 13.9 Å². The number of sulfonamides is 1. The summed E-state index contributed by atoms with van der Waals surface area (Å²) in [6.45, 7) is 5.31. The predicted octanol–water partition coefficient (Wildman–Crippen LogP) is 5.83. The normalized spacial score (nSPS) is 14.3. The van der Waals surface area contributed by atoms with E-state index in [1.807, 2.05) is 38.1 Å². The van der Waals surface area contributed by atoms with E-state index in [2.05, 4.69) is 21.2 Å². The summed E-state index contributed by atoms with van der Waals surface area (Å²) in [6.07, 6.45) is 3.95. The third-order valence-electron chi connectivity index (χ3n) is 7.46. The third kappa shape index (κ3) is 7.72. The van der Waals surface area contributed by atoms with Crippen LogP contribution in [0.15, 0.2) is 82.2 Å². The molecule has 0 saturated heterocycles. The van der Waals surface area contributed by atoms with E-state index in [1.54, 1.807) is 43.3 Å². The van der Waals surface area contributed by atoms with Gasteiger partial charge in [0.05, 0.1) is 17.2 Å². The van der Waals surface area contributed by atoms with Crippen LogP contribution in [0.25, 0.3) is 0 Å². The summed E-state index contributed by atoms with van der Waals surface area (Å²) in [5.41, 5.74) is 1.98. The molecule has 1 atom stereocenters. The van der Waals surface area contributed by atoms with Crippen LogP contribution in [0.4, 0.5) is 5.69 Å². The Hall–Kier alpha value is -3.37. The number of halogens is 1. The van der Waals surface area contributed by atoms with Crippen molar-refractivity contribution in [3.05, 3.63) is 88.4 Å². The largest absolute Gasteiger partial charge is 0.492 e. The number of nitrogens with one attached hydrogen (secondary N) is 1. The van der Waals surface area contributed by atoms with Gasteiger partial charge in [-0.25, -0.2) is 8.42 Å². The Kier molecular flexibility index (Phi) is 10.7. The SMILES string of the molecule is CCOc1ccccc1N(CC(=O)N(Cc1ccc(Br)cc1)[C@H](C)C(=O)NC1CCCC1)S(=O)(=O)c1ccc(C)cc1. The highest BCUT2D eigenvalue weighted by molar-refractivity contribution is 9.10. The van der Waals surface area contributed by atoms with Gasteiger partial charge < -0.3 is 15.0 Å². The number of nitrogens with zero attached hydrogens (tertiary/aromatic N) is 2. The number of para-hydroxylation sites is 2. The topological polar surface area (TPSA) is 96.0 Å². The van der Waals surface area contributed by atoms with E-state index in [0.717, 1.165) is 45.6 Å². The smallest absolute Gasteiger partial charge is 0.264 e. The number of hydrogen-bond donors (Lipinski definition) is 1. The van der Waals surface area contributed by atoms with E-state index in [1.165, 1.54) is 17.0 Å². The lowest BCUT2D eigenvalue weighted by Gasteiger charge is -2.33. The minimum atomic E-state index is -4.18. The van der Waals surface area contributed by atoms with Crippen molar-refractivity contribution < 1.29 is 22.7 Å². The number of hydrogen-bond acceptors (Lipinski definition) is 5. The zero-order chi connectivity index (χ0) is 30.3. The number of carbonyl (C=O) groups is 2. The quantitative estimate of drug-likeness (QED) is 0.265. The summed E-state index contributed by atoms with van der Waals surface area (Å²) in [7, 11) is -4.18.